The average Bonchev–Trinajstić information content (AvgIpc) is 2.77. The van der Waals surface area contributed by atoms with Crippen LogP contribution in [-0.2, 0) is 4.79 Å². The molecule has 3 aromatic rings. The number of hydrogen-bond acceptors (Lipinski definition) is 4. The van der Waals surface area contributed by atoms with E-state index < -0.39 is 11.8 Å². The number of halogens is 2. The van der Waals surface area contributed by atoms with E-state index in [9.17, 15) is 14.7 Å². The Morgan fingerprint density at radius 2 is 1.58 bits per heavy atom. The van der Waals surface area contributed by atoms with E-state index in [1.54, 1.807) is 48.5 Å². The van der Waals surface area contributed by atoms with E-state index in [2.05, 4.69) is 47.7 Å². The zero-order valence-electron chi connectivity index (χ0n) is 16.0. The van der Waals surface area contributed by atoms with Gasteiger partial charge in [0.1, 0.15) is 11.4 Å². The zero-order chi connectivity index (χ0) is 22.2. The molecule has 3 aromatic carbocycles. The van der Waals surface area contributed by atoms with E-state index in [0.717, 1.165) is 10.0 Å². The summed E-state index contributed by atoms with van der Waals surface area (Å²) in [7, 11) is 0. The minimum Gasteiger partial charge on any atom is -0.506 e. The van der Waals surface area contributed by atoms with Crippen LogP contribution in [0.3, 0.4) is 0 Å². The quantitative estimate of drug-likeness (QED) is 0.236. The molecule has 6 nitrogen and oxygen atoms in total. The van der Waals surface area contributed by atoms with Gasteiger partial charge < -0.3 is 10.4 Å². The van der Waals surface area contributed by atoms with E-state index in [0.29, 0.717) is 15.6 Å². The first kappa shape index (κ1) is 22.5. The maximum absolute atomic E-state index is 12.7. The average molecular weight is 543 g/mol. The number of nitrogens with zero attached hydrogens (tertiary/aromatic N) is 1. The number of carbonyl (C=O) groups is 2. The molecule has 8 heteroatoms. The standard InChI is InChI=1S/C23H17Br2N3O3/c24-18-12-17(21(29)19(25)13-18)14-26-28-23(31)20(11-15-7-3-1-4-8-15)27-22(30)16-9-5-2-6-10-16/h1-14,29H,(H,27,30)(H,28,31)/b20-11+,26-14?. The van der Waals surface area contributed by atoms with Gasteiger partial charge >= 0.3 is 0 Å². The molecule has 0 atom stereocenters. The predicted molar refractivity (Wildman–Crippen MR) is 128 cm³/mol. The predicted octanol–water partition coefficient (Wildman–Crippen LogP) is 4.84. The summed E-state index contributed by atoms with van der Waals surface area (Å²) in [5.41, 5.74) is 3.95. The van der Waals surface area contributed by atoms with Crippen molar-refractivity contribution < 1.29 is 14.7 Å². The van der Waals surface area contributed by atoms with E-state index in [1.165, 1.54) is 6.21 Å². The Balaban J connectivity index is 1.81. The number of phenolic OH excluding ortho intramolecular Hbond substituents is 1. The first-order chi connectivity index (χ1) is 14.9. The molecule has 0 saturated carbocycles. The van der Waals surface area contributed by atoms with Crippen molar-refractivity contribution in [3.05, 3.63) is 104 Å². The number of benzene rings is 3. The Morgan fingerprint density at radius 1 is 0.935 bits per heavy atom. The molecule has 0 aliphatic carbocycles. The van der Waals surface area contributed by atoms with Crippen LogP contribution in [0.15, 0.2) is 92.5 Å². The molecule has 0 spiro atoms. The summed E-state index contributed by atoms with van der Waals surface area (Å²) in [5, 5.41) is 16.6. The molecule has 31 heavy (non-hydrogen) atoms. The highest BCUT2D eigenvalue weighted by atomic mass is 79.9. The van der Waals surface area contributed by atoms with Crippen molar-refractivity contribution in [2.24, 2.45) is 5.10 Å². The number of hydrazone groups is 1. The third-order valence-electron chi connectivity index (χ3n) is 4.07. The summed E-state index contributed by atoms with van der Waals surface area (Å²) < 4.78 is 1.21. The molecule has 2 amide bonds. The van der Waals surface area contributed by atoms with Crippen LogP contribution >= 0.6 is 31.9 Å². The lowest BCUT2D eigenvalue weighted by atomic mass is 10.1. The lowest BCUT2D eigenvalue weighted by molar-refractivity contribution is -0.117. The minimum absolute atomic E-state index is 0.0152. The number of nitrogens with one attached hydrogen (secondary N) is 2. The van der Waals surface area contributed by atoms with Crippen LogP contribution in [0.5, 0.6) is 5.75 Å². The summed E-state index contributed by atoms with van der Waals surface area (Å²) in [6.45, 7) is 0. The normalized spacial score (nSPS) is 11.4. The first-order valence-electron chi connectivity index (χ1n) is 9.08. The molecule has 0 saturated heterocycles. The second-order valence-corrected chi connectivity index (χ2v) is 8.08. The van der Waals surface area contributed by atoms with Crippen molar-refractivity contribution in [3.8, 4) is 5.75 Å². The van der Waals surface area contributed by atoms with Crippen LogP contribution in [0.25, 0.3) is 6.08 Å². The molecule has 156 valence electrons. The van der Waals surface area contributed by atoms with Crippen LogP contribution in [0, 0.1) is 0 Å². The van der Waals surface area contributed by atoms with Gasteiger partial charge in [-0.05, 0) is 51.8 Å². The Kier molecular flexibility index (Phi) is 7.75. The number of rotatable bonds is 6. The first-order valence-corrected chi connectivity index (χ1v) is 10.7. The van der Waals surface area contributed by atoms with E-state index in [-0.39, 0.29) is 11.4 Å². The molecule has 0 bridgehead atoms. The third-order valence-corrected chi connectivity index (χ3v) is 5.13. The van der Waals surface area contributed by atoms with Crippen molar-refractivity contribution in [2.45, 2.75) is 0 Å². The second-order valence-electron chi connectivity index (χ2n) is 6.31. The Morgan fingerprint density at radius 3 is 2.26 bits per heavy atom. The van der Waals surface area contributed by atoms with Crippen LogP contribution in [0.4, 0.5) is 0 Å². The van der Waals surface area contributed by atoms with Crippen LogP contribution in [0.1, 0.15) is 21.5 Å². The summed E-state index contributed by atoms with van der Waals surface area (Å²) in [5.74, 6) is -1.05. The number of amides is 2. The van der Waals surface area contributed by atoms with Gasteiger partial charge in [-0.25, -0.2) is 5.43 Å². The molecule has 0 aliphatic rings. The van der Waals surface area contributed by atoms with Crippen LogP contribution in [0.2, 0.25) is 0 Å². The Hall–Kier alpha value is -3.23. The van der Waals surface area contributed by atoms with Gasteiger partial charge in [0, 0.05) is 15.6 Å². The van der Waals surface area contributed by atoms with Crippen molar-refractivity contribution in [2.75, 3.05) is 0 Å². The number of aromatic hydroxyl groups is 1. The largest absolute Gasteiger partial charge is 0.506 e. The highest BCUT2D eigenvalue weighted by Crippen LogP contribution is 2.30. The lowest BCUT2D eigenvalue weighted by Crippen LogP contribution is -2.32. The number of phenols is 1. The molecule has 0 heterocycles. The fraction of sp³-hybridized carbons (Fsp3) is 0. The topological polar surface area (TPSA) is 90.8 Å². The summed E-state index contributed by atoms with van der Waals surface area (Å²) in [4.78, 5) is 25.3. The SMILES string of the molecule is O=C(NN=Cc1cc(Br)cc(Br)c1O)/C(=C\c1ccccc1)NC(=O)c1ccccc1. The molecular formula is C23H17Br2N3O3. The van der Waals surface area contributed by atoms with Gasteiger partial charge in [-0.2, -0.15) is 5.10 Å². The summed E-state index contributed by atoms with van der Waals surface area (Å²) >= 11 is 6.57. The number of hydrogen-bond donors (Lipinski definition) is 3. The van der Waals surface area contributed by atoms with Crippen LogP contribution < -0.4 is 10.7 Å². The minimum atomic E-state index is -0.613. The Bertz CT molecular complexity index is 1150. The lowest BCUT2D eigenvalue weighted by Gasteiger charge is -2.09. The van der Waals surface area contributed by atoms with Crippen molar-refractivity contribution in [1.82, 2.24) is 10.7 Å². The van der Waals surface area contributed by atoms with Gasteiger partial charge in [0.25, 0.3) is 11.8 Å². The van der Waals surface area contributed by atoms with Crippen molar-refractivity contribution >= 4 is 56.0 Å². The highest BCUT2D eigenvalue weighted by Gasteiger charge is 2.14. The Labute approximate surface area is 195 Å². The van der Waals surface area contributed by atoms with Gasteiger partial charge in [-0.3, -0.25) is 9.59 Å². The maximum atomic E-state index is 12.7. The second kappa shape index (κ2) is 10.7. The third kappa shape index (κ3) is 6.37. The molecule has 0 aliphatic heterocycles. The molecule has 0 radical (unpaired) electrons. The van der Waals surface area contributed by atoms with Gasteiger partial charge in [0.05, 0.1) is 10.7 Å². The fourth-order valence-corrected chi connectivity index (χ4v) is 3.82. The maximum Gasteiger partial charge on any atom is 0.287 e. The number of carbonyl (C=O) groups excluding carboxylic acids is 2. The van der Waals surface area contributed by atoms with E-state index in [4.69, 9.17) is 0 Å². The summed E-state index contributed by atoms with van der Waals surface area (Å²) in [6, 6.07) is 21.0. The van der Waals surface area contributed by atoms with Crippen molar-refractivity contribution in [3.63, 3.8) is 0 Å². The molecule has 3 N–H and O–H groups in total. The van der Waals surface area contributed by atoms with Gasteiger partial charge in [-0.15, -0.1) is 0 Å². The van der Waals surface area contributed by atoms with E-state index >= 15 is 0 Å². The smallest absolute Gasteiger partial charge is 0.287 e. The van der Waals surface area contributed by atoms with Crippen LogP contribution in [-0.4, -0.2) is 23.1 Å². The molecule has 0 fully saturated rings. The summed E-state index contributed by atoms with van der Waals surface area (Å²) in [6.07, 6.45) is 2.86. The molecule has 0 unspecified atom stereocenters. The fourth-order valence-electron chi connectivity index (χ4n) is 2.56. The zero-order valence-corrected chi connectivity index (χ0v) is 19.2. The molecular weight excluding hydrogens is 526 g/mol. The van der Waals surface area contributed by atoms with Gasteiger partial charge in [0.2, 0.25) is 0 Å². The highest BCUT2D eigenvalue weighted by molar-refractivity contribution is 9.11. The van der Waals surface area contributed by atoms with Gasteiger partial charge in [0.15, 0.2) is 0 Å². The van der Waals surface area contributed by atoms with Gasteiger partial charge in [-0.1, -0.05) is 64.5 Å². The molecule has 0 aromatic heterocycles. The van der Waals surface area contributed by atoms with E-state index in [1.807, 2.05) is 30.3 Å². The van der Waals surface area contributed by atoms with Crippen molar-refractivity contribution in [1.29, 1.82) is 0 Å². The monoisotopic (exact) mass is 541 g/mol. The molecule has 3 rings (SSSR count).